The number of anilines is 1. The van der Waals surface area contributed by atoms with Gasteiger partial charge < -0.3 is 15.0 Å². The van der Waals surface area contributed by atoms with Crippen molar-refractivity contribution in [3.05, 3.63) is 12.3 Å². The van der Waals surface area contributed by atoms with Crippen LogP contribution >= 0.6 is 0 Å². The first kappa shape index (κ1) is 14.2. The average Bonchev–Trinajstić information content (AvgIpc) is 2.36. The van der Waals surface area contributed by atoms with E-state index < -0.39 is 0 Å². The highest BCUT2D eigenvalue weighted by Gasteiger charge is 2.04. The lowest BCUT2D eigenvalue weighted by Gasteiger charge is -2.10. The molecule has 6 nitrogen and oxygen atoms in total. The molecule has 0 bridgehead atoms. The van der Waals surface area contributed by atoms with E-state index in [2.05, 4.69) is 15.3 Å². The van der Waals surface area contributed by atoms with E-state index in [1.165, 1.54) is 0 Å². The fourth-order valence-electron chi connectivity index (χ4n) is 1.22. The van der Waals surface area contributed by atoms with Crippen molar-refractivity contribution in [3.63, 3.8) is 0 Å². The first-order chi connectivity index (χ1) is 8.63. The molecule has 1 rings (SSSR count). The van der Waals surface area contributed by atoms with Crippen LogP contribution in [0.5, 0.6) is 5.88 Å². The number of amides is 1. The van der Waals surface area contributed by atoms with Crippen LogP contribution in [0.15, 0.2) is 12.3 Å². The molecule has 1 heterocycles. The molecule has 0 aliphatic carbocycles. The van der Waals surface area contributed by atoms with Crippen LogP contribution < -0.4 is 10.1 Å². The zero-order valence-electron chi connectivity index (χ0n) is 11.1. The number of ether oxygens (including phenoxy) is 1. The molecule has 18 heavy (non-hydrogen) atoms. The van der Waals surface area contributed by atoms with Gasteiger partial charge in [0.25, 0.3) is 0 Å². The summed E-state index contributed by atoms with van der Waals surface area (Å²) in [5.74, 6) is 1.10. The van der Waals surface area contributed by atoms with E-state index in [1.807, 2.05) is 6.92 Å². The van der Waals surface area contributed by atoms with Crippen molar-refractivity contribution in [2.75, 3.05) is 32.6 Å². The molecular weight excluding hydrogens is 232 g/mol. The Bertz CT molecular complexity index is 382. The second kappa shape index (κ2) is 7.47. The van der Waals surface area contributed by atoms with Gasteiger partial charge in [-0.3, -0.25) is 4.79 Å². The lowest BCUT2D eigenvalue weighted by atomic mass is 10.4. The van der Waals surface area contributed by atoms with Crippen LogP contribution in [-0.4, -0.2) is 48.0 Å². The van der Waals surface area contributed by atoms with Crippen LogP contribution in [0.4, 0.5) is 5.95 Å². The number of carbonyl (C=O) groups is 1. The molecule has 0 aliphatic heterocycles. The third-order valence-electron chi connectivity index (χ3n) is 2.20. The maximum Gasteiger partial charge on any atom is 0.225 e. The summed E-state index contributed by atoms with van der Waals surface area (Å²) >= 11 is 0. The standard InChI is InChI=1S/C12H20N4O2/c1-4-9-18-10-5-7-13-12(15-10)14-8-6-11(17)16(2)3/h5,7H,4,6,8-9H2,1-3H3,(H,13,14,15). The zero-order valence-corrected chi connectivity index (χ0v) is 11.1. The summed E-state index contributed by atoms with van der Waals surface area (Å²) in [5, 5.41) is 3.00. The minimum Gasteiger partial charge on any atom is -0.478 e. The fourth-order valence-corrected chi connectivity index (χ4v) is 1.22. The monoisotopic (exact) mass is 252 g/mol. The van der Waals surface area contributed by atoms with Crippen LogP contribution in [0.25, 0.3) is 0 Å². The minimum absolute atomic E-state index is 0.0703. The molecule has 0 aliphatic rings. The largest absolute Gasteiger partial charge is 0.478 e. The topological polar surface area (TPSA) is 67.3 Å². The predicted octanol–water partition coefficient (Wildman–Crippen LogP) is 1.16. The molecule has 0 aromatic carbocycles. The zero-order chi connectivity index (χ0) is 13.4. The highest BCUT2D eigenvalue weighted by atomic mass is 16.5. The smallest absolute Gasteiger partial charge is 0.225 e. The molecule has 0 saturated heterocycles. The van der Waals surface area contributed by atoms with Gasteiger partial charge in [0, 0.05) is 39.3 Å². The van der Waals surface area contributed by atoms with Crippen LogP contribution in [-0.2, 0) is 4.79 Å². The number of rotatable bonds is 7. The molecule has 0 radical (unpaired) electrons. The van der Waals surface area contributed by atoms with Crippen LogP contribution in [0.1, 0.15) is 19.8 Å². The van der Waals surface area contributed by atoms with Gasteiger partial charge in [-0.05, 0) is 6.42 Å². The Morgan fingerprint density at radius 1 is 1.50 bits per heavy atom. The van der Waals surface area contributed by atoms with E-state index >= 15 is 0 Å². The Hall–Kier alpha value is -1.85. The van der Waals surface area contributed by atoms with Crippen LogP contribution in [0.3, 0.4) is 0 Å². The van der Waals surface area contributed by atoms with E-state index in [0.717, 1.165) is 6.42 Å². The number of aromatic nitrogens is 2. The minimum atomic E-state index is 0.0703. The maximum atomic E-state index is 11.4. The van der Waals surface area contributed by atoms with E-state index in [4.69, 9.17) is 4.74 Å². The van der Waals surface area contributed by atoms with E-state index in [-0.39, 0.29) is 5.91 Å². The predicted molar refractivity (Wildman–Crippen MR) is 69.6 cm³/mol. The molecule has 0 atom stereocenters. The average molecular weight is 252 g/mol. The third kappa shape index (κ3) is 4.99. The van der Waals surface area contributed by atoms with Gasteiger partial charge in [0.2, 0.25) is 17.7 Å². The summed E-state index contributed by atoms with van der Waals surface area (Å²) in [5.41, 5.74) is 0. The summed E-state index contributed by atoms with van der Waals surface area (Å²) < 4.78 is 5.40. The Labute approximate surface area is 107 Å². The molecule has 1 amide bonds. The molecule has 1 N–H and O–H groups in total. The van der Waals surface area contributed by atoms with Crippen molar-refractivity contribution in [1.29, 1.82) is 0 Å². The van der Waals surface area contributed by atoms with Gasteiger partial charge in [0.1, 0.15) is 0 Å². The fraction of sp³-hybridized carbons (Fsp3) is 0.583. The molecule has 0 fully saturated rings. The highest BCUT2D eigenvalue weighted by Crippen LogP contribution is 2.08. The first-order valence-corrected chi connectivity index (χ1v) is 6.03. The highest BCUT2D eigenvalue weighted by molar-refractivity contribution is 5.75. The van der Waals surface area contributed by atoms with Crippen molar-refractivity contribution < 1.29 is 9.53 Å². The van der Waals surface area contributed by atoms with Gasteiger partial charge in [-0.1, -0.05) is 6.92 Å². The van der Waals surface area contributed by atoms with E-state index in [9.17, 15) is 4.79 Å². The number of hydrogen-bond donors (Lipinski definition) is 1. The summed E-state index contributed by atoms with van der Waals surface area (Å²) in [6.07, 6.45) is 2.98. The van der Waals surface area contributed by atoms with Gasteiger partial charge in [0.15, 0.2) is 0 Å². The Morgan fingerprint density at radius 2 is 2.28 bits per heavy atom. The second-order valence-electron chi connectivity index (χ2n) is 4.03. The maximum absolute atomic E-state index is 11.4. The summed E-state index contributed by atoms with van der Waals surface area (Å²) in [7, 11) is 3.47. The van der Waals surface area contributed by atoms with Gasteiger partial charge in [-0.2, -0.15) is 4.98 Å². The van der Waals surface area contributed by atoms with Crippen molar-refractivity contribution in [2.45, 2.75) is 19.8 Å². The lowest BCUT2D eigenvalue weighted by Crippen LogP contribution is -2.24. The molecule has 0 spiro atoms. The number of carbonyl (C=O) groups excluding carboxylic acids is 1. The van der Waals surface area contributed by atoms with Gasteiger partial charge in [0.05, 0.1) is 6.61 Å². The normalized spacial score (nSPS) is 9.94. The summed E-state index contributed by atoms with van der Waals surface area (Å²) in [6, 6.07) is 1.71. The van der Waals surface area contributed by atoms with Gasteiger partial charge in [-0.25, -0.2) is 4.98 Å². The molecular formula is C12H20N4O2. The summed E-state index contributed by atoms with van der Waals surface area (Å²) in [6.45, 7) is 3.18. The lowest BCUT2D eigenvalue weighted by molar-refractivity contribution is -0.128. The molecule has 1 aromatic rings. The van der Waals surface area contributed by atoms with Crippen molar-refractivity contribution >= 4 is 11.9 Å². The molecule has 0 unspecified atom stereocenters. The second-order valence-corrected chi connectivity index (χ2v) is 4.03. The van der Waals surface area contributed by atoms with Crippen LogP contribution in [0.2, 0.25) is 0 Å². The van der Waals surface area contributed by atoms with E-state index in [1.54, 1.807) is 31.3 Å². The van der Waals surface area contributed by atoms with Crippen molar-refractivity contribution in [3.8, 4) is 5.88 Å². The Kier molecular flexibility index (Phi) is 5.90. The first-order valence-electron chi connectivity index (χ1n) is 6.03. The Morgan fingerprint density at radius 3 is 2.94 bits per heavy atom. The SMILES string of the molecule is CCCOc1ccnc(NCCC(=O)N(C)C)n1. The van der Waals surface area contributed by atoms with Gasteiger partial charge in [-0.15, -0.1) is 0 Å². The number of nitrogens with zero attached hydrogens (tertiary/aromatic N) is 3. The number of hydrogen-bond acceptors (Lipinski definition) is 5. The van der Waals surface area contributed by atoms with Gasteiger partial charge >= 0.3 is 0 Å². The Balaban J connectivity index is 2.40. The summed E-state index contributed by atoms with van der Waals surface area (Å²) in [4.78, 5) is 21.2. The molecule has 6 heteroatoms. The van der Waals surface area contributed by atoms with Crippen molar-refractivity contribution in [1.82, 2.24) is 14.9 Å². The third-order valence-corrected chi connectivity index (χ3v) is 2.20. The van der Waals surface area contributed by atoms with Crippen LogP contribution in [0, 0.1) is 0 Å². The van der Waals surface area contributed by atoms with E-state index in [0.29, 0.717) is 31.4 Å². The molecule has 100 valence electrons. The number of nitrogens with one attached hydrogen (secondary N) is 1. The molecule has 1 aromatic heterocycles. The molecule has 0 saturated carbocycles. The van der Waals surface area contributed by atoms with Crippen molar-refractivity contribution in [2.24, 2.45) is 0 Å². The quantitative estimate of drug-likeness (QED) is 0.788.